The first kappa shape index (κ1) is 16.6. The maximum atomic E-state index is 13.7. The molecule has 0 bridgehead atoms. The quantitative estimate of drug-likeness (QED) is 0.722. The van der Waals surface area contributed by atoms with Gasteiger partial charge in [-0.25, -0.2) is 14.4 Å². The smallest absolute Gasteiger partial charge is 0.387 e. The first-order chi connectivity index (χ1) is 12.6. The molecule has 2 N–H and O–H groups in total. The van der Waals surface area contributed by atoms with Crippen molar-refractivity contribution in [3.8, 4) is 17.1 Å². The Balaban J connectivity index is 1.62. The first-order valence-corrected chi connectivity index (χ1v) is 7.96. The number of anilines is 1. The van der Waals surface area contributed by atoms with E-state index in [-0.39, 0.29) is 11.8 Å². The van der Waals surface area contributed by atoms with Gasteiger partial charge in [-0.3, -0.25) is 9.38 Å². The molecule has 2 atom stereocenters. The van der Waals surface area contributed by atoms with Crippen molar-refractivity contribution in [1.29, 1.82) is 0 Å². The highest BCUT2D eigenvalue weighted by Gasteiger charge is 2.26. The molecule has 10 heteroatoms. The number of nitrogens with zero attached hydrogens (tertiary/aromatic N) is 4. The predicted octanol–water partition coefficient (Wildman–Crippen LogP) is 2.11. The molecular formula is C16H15F3N6O. The van der Waals surface area contributed by atoms with Crippen molar-refractivity contribution < 1.29 is 17.9 Å². The number of pyridine rings is 1. The maximum absolute atomic E-state index is 13.7. The van der Waals surface area contributed by atoms with Crippen molar-refractivity contribution in [3.63, 3.8) is 0 Å². The van der Waals surface area contributed by atoms with Crippen LogP contribution in [0.4, 0.5) is 19.0 Å². The van der Waals surface area contributed by atoms with E-state index in [9.17, 15) is 13.2 Å². The Morgan fingerprint density at radius 3 is 2.92 bits per heavy atom. The van der Waals surface area contributed by atoms with E-state index in [0.717, 1.165) is 0 Å². The van der Waals surface area contributed by atoms with Crippen LogP contribution in [-0.4, -0.2) is 51.3 Å². The molecule has 1 aliphatic heterocycles. The molecule has 0 aromatic carbocycles. The van der Waals surface area contributed by atoms with Gasteiger partial charge in [-0.15, -0.1) is 0 Å². The molecule has 26 heavy (non-hydrogen) atoms. The minimum Gasteiger partial charge on any atom is -0.435 e. The SMILES string of the molecule is FC(F)Oc1ccn2c(-c3cncc(N[C@H]4CNC[C@@H]4F)n3)cnc2c1. The summed E-state index contributed by atoms with van der Waals surface area (Å²) in [5.41, 5.74) is 1.58. The fraction of sp³-hybridized carbons (Fsp3) is 0.312. The molecule has 0 aliphatic carbocycles. The second kappa shape index (κ2) is 6.79. The van der Waals surface area contributed by atoms with E-state index >= 15 is 0 Å². The molecule has 3 aromatic rings. The van der Waals surface area contributed by atoms with Crippen LogP contribution in [-0.2, 0) is 0 Å². The van der Waals surface area contributed by atoms with Gasteiger partial charge in [-0.1, -0.05) is 0 Å². The normalized spacial score (nSPS) is 20.0. The number of nitrogens with one attached hydrogen (secondary N) is 2. The maximum Gasteiger partial charge on any atom is 0.387 e. The zero-order valence-electron chi connectivity index (χ0n) is 13.4. The molecule has 7 nitrogen and oxygen atoms in total. The van der Waals surface area contributed by atoms with E-state index in [1.54, 1.807) is 23.0 Å². The second-order valence-electron chi connectivity index (χ2n) is 5.83. The van der Waals surface area contributed by atoms with Crippen LogP contribution < -0.4 is 15.4 Å². The molecular weight excluding hydrogens is 349 g/mol. The van der Waals surface area contributed by atoms with Crippen LogP contribution in [0, 0.1) is 0 Å². The molecule has 0 saturated carbocycles. The summed E-state index contributed by atoms with van der Waals surface area (Å²) in [4.78, 5) is 12.8. The molecule has 0 amide bonds. The van der Waals surface area contributed by atoms with Crippen LogP contribution in [0.25, 0.3) is 17.0 Å². The lowest BCUT2D eigenvalue weighted by Gasteiger charge is -2.14. The molecule has 1 fully saturated rings. The topological polar surface area (TPSA) is 76.4 Å². The fourth-order valence-electron chi connectivity index (χ4n) is 2.86. The number of alkyl halides is 3. The van der Waals surface area contributed by atoms with Crippen LogP contribution >= 0.6 is 0 Å². The largest absolute Gasteiger partial charge is 0.435 e. The number of hydrogen-bond donors (Lipinski definition) is 2. The minimum absolute atomic E-state index is 0.0221. The van der Waals surface area contributed by atoms with Crippen LogP contribution in [0.5, 0.6) is 5.75 Å². The number of hydrogen-bond acceptors (Lipinski definition) is 6. The number of rotatable bonds is 5. The molecule has 1 saturated heterocycles. The lowest BCUT2D eigenvalue weighted by Crippen LogP contribution is -2.29. The summed E-state index contributed by atoms with van der Waals surface area (Å²) in [6.07, 6.45) is 5.20. The van der Waals surface area contributed by atoms with Crippen molar-refractivity contribution >= 4 is 11.5 Å². The van der Waals surface area contributed by atoms with Crippen molar-refractivity contribution in [2.45, 2.75) is 18.8 Å². The average molecular weight is 364 g/mol. The lowest BCUT2D eigenvalue weighted by molar-refractivity contribution is -0.0498. The summed E-state index contributed by atoms with van der Waals surface area (Å²) >= 11 is 0. The van der Waals surface area contributed by atoms with Gasteiger partial charge >= 0.3 is 6.61 Å². The second-order valence-corrected chi connectivity index (χ2v) is 5.83. The number of imidazole rings is 1. The van der Waals surface area contributed by atoms with Crippen molar-refractivity contribution in [2.75, 3.05) is 18.4 Å². The summed E-state index contributed by atoms with van der Waals surface area (Å²) in [7, 11) is 0. The fourth-order valence-corrected chi connectivity index (χ4v) is 2.86. The Morgan fingerprint density at radius 2 is 2.15 bits per heavy atom. The van der Waals surface area contributed by atoms with Crippen LogP contribution in [0.15, 0.2) is 36.9 Å². The van der Waals surface area contributed by atoms with Gasteiger partial charge in [0.1, 0.15) is 29.1 Å². The van der Waals surface area contributed by atoms with Gasteiger partial charge in [0.25, 0.3) is 0 Å². The Morgan fingerprint density at radius 1 is 1.27 bits per heavy atom. The highest BCUT2D eigenvalue weighted by Crippen LogP contribution is 2.23. The zero-order chi connectivity index (χ0) is 18.1. The third-order valence-electron chi connectivity index (χ3n) is 4.08. The standard InChI is InChI=1S/C16H15F3N6O/c17-10-4-20-5-11(10)23-14-8-21-6-12(24-14)13-7-22-15-3-9(26-16(18)19)1-2-25(13)15/h1-3,6-8,10-11,16,20H,4-5H2,(H,23,24)/t10-,11-/m0/s1. The number of halogens is 3. The Bertz CT molecular complexity index is 918. The number of fused-ring (bicyclic) bond motifs is 1. The van der Waals surface area contributed by atoms with Gasteiger partial charge in [0, 0.05) is 25.4 Å². The molecule has 0 radical (unpaired) electrons. The highest BCUT2D eigenvalue weighted by molar-refractivity contribution is 5.61. The van der Waals surface area contributed by atoms with Gasteiger partial charge in [0.2, 0.25) is 0 Å². The molecule has 0 spiro atoms. The zero-order valence-corrected chi connectivity index (χ0v) is 13.4. The summed E-state index contributed by atoms with van der Waals surface area (Å²) in [6, 6.07) is 2.46. The van der Waals surface area contributed by atoms with E-state index in [4.69, 9.17) is 0 Å². The molecule has 3 aromatic heterocycles. The third kappa shape index (κ3) is 3.27. The Kier molecular flexibility index (Phi) is 4.33. The van der Waals surface area contributed by atoms with Crippen molar-refractivity contribution in [1.82, 2.24) is 24.7 Å². The van der Waals surface area contributed by atoms with E-state index in [0.29, 0.717) is 35.9 Å². The summed E-state index contributed by atoms with van der Waals surface area (Å²) in [5.74, 6) is 0.473. The minimum atomic E-state index is -2.90. The summed E-state index contributed by atoms with van der Waals surface area (Å²) in [6.45, 7) is -2.08. The van der Waals surface area contributed by atoms with Gasteiger partial charge in [-0.05, 0) is 6.07 Å². The third-order valence-corrected chi connectivity index (χ3v) is 4.08. The molecule has 0 unspecified atom stereocenters. The van der Waals surface area contributed by atoms with Crippen LogP contribution in [0.3, 0.4) is 0 Å². The number of aromatic nitrogens is 4. The van der Waals surface area contributed by atoms with Gasteiger partial charge in [0.15, 0.2) is 0 Å². The first-order valence-electron chi connectivity index (χ1n) is 7.96. The van der Waals surface area contributed by atoms with E-state index in [1.165, 1.54) is 18.3 Å². The van der Waals surface area contributed by atoms with Gasteiger partial charge in [0.05, 0.1) is 30.3 Å². The summed E-state index contributed by atoms with van der Waals surface area (Å²) < 4.78 is 44.4. The lowest BCUT2D eigenvalue weighted by atomic mass is 10.2. The predicted molar refractivity (Wildman–Crippen MR) is 88.0 cm³/mol. The highest BCUT2D eigenvalue weighted by atomic mass is 19.3. The monoisotopic (exact) mass is 364 g/mol. The molecule has 4 rings (SSSR count). The molecule has 4 heterocycles. The Labute approximate surface area is 146 Å². The van der Waals surface area contributed by atoms with E-state index < -0.39 is 12.8 Å². The van der Waals surface area contributed by atoms with E-state index in [1.807, 2.05) is 0 Å². The summed E-state index contributed by atoms with van der Waals surface area (Å²) in [5, 5.41) is 5.99. The molecule has 1 aliphatic rings. The Hall–Kier alpha value is -2.88. The van der Waals surface area contributed by atoms with E-state index in [2.05, 4.69) is 30.3 Å². The van der Waals surface area contributed by atoms with Gasteiger partial charge < -0.3 is 15.4 Å². The van der Waals surface area contributed by atoms with Crippen molar-refractivity contribution in [3.05, 3.63) is 36.9 Å². The van der Waals surface area contributed by atoms with Gasteiger partial charge in [-0.2, -0.15) is 8.78 Å². The molecule has 136 valence electrons. The number of ether oxygens (including phenoxy) is 1. The van der Waals surface area contributed by atoms with Crippen LogP contribution in [0.1, 0.15) is 0 Å². The van der Waals surface area contributed by atoms with Crippen molar-refractivity contribution in [2.24, 2.45) is 0 Å². The average Bonchev–Trinajstić information content (AvgIpc) is 3.21. The van der Waals surface area contributed by atoms with Crippen LogP contribution in [0.2, 0.25) is 0 Å².